The Bertz CT molecular complexity index is 499. The fourth-order valence-electron chi connectivity index (χ4n) is 5.02. The molecule has 0 spiro atoms. The number of hydrogen-bond acceptors (Lipinski definition) is 3. The van der Waals surface area contributed by atoms with E-state index in [1.54, 1.807) is 0 Å². The van der Waals surface area contributed by atoms with Crippen LogP contribution in [0.3, 0.4) is 0 Å². The first-order valence-electron chi connectivity index (χ1n) is 16.5. The molecule has 0 aromatic rings. The van der Waals surface area contributed by atoms with Crippen molar-refractivity contribution in [3.8, 4) is 0 Å². The van der Waals surface area contributed by atoms with E-state index < -0.39 is 0 Å². The molecule has 0 saturated carbocycles. The van der Waals surface area contributed by atoms with Crippen molar-refractivity contribution >= 4 is 11.9 Å². The number of rotatable bonds is 30. The van der Waals surface area contributed by atoms with Gasteiger partial charge in [0.15, 0.2) is 0 Å². The van der Waals surface area contributed by atoms with Gasteiger partial charge in [0.1, 0.15) is 0 Å². The van der Waals surface area contributed by atoms with Crippen LogP contribution in [0.25, 0.3) is 0 Å². The van der Waals surface area contributed by atoms with Crippen LogP contribution in [-0.2, 0) is 14.3 Å². The van der Waals surface area contributed by atoms with Gasteiger partial charge in [0, 0.05) is 12.8 Å². The molecule has 3 heteroatoms. The van der Waals surface area contributed by atoms with E-state index in [4.69, 9.17) is 4.74 Å². The van der Waals surface area contributed by atoms with Gasteiger partial charge in [-0.2, -0.15) is 0 Å². The average molecular weight is 521 g/mol. The van der Waals surface area contributed by atoms with Crippen molar-refractivity contribution in [1.29, 1.82) is 0 Å². The second kappa shape index (κ2) is 31.1. The Balaban J connectivity index is 3.28. The lowest BCUT2D eigenvalue weighted by molar-refractivity contribution is -0.159. The molecule has 0 aromatic carbocycles. The number of carbonyl (C=O) groups is 2. The topological polar surface area (TPSA) is 43.4 Å². The minimum atomic E-state index is -0.329. The highest BCUT2D eigenvalue weighted by Gasteiger charge is 2.09. The van der Waals surface area contributed by atoms with Gasteiger partial charge in [-0.25, -0.2) is 0 Å². The maximum absolute atomic E-state index is 11.9. The molecule has 0 bridgehead atoms. The van der Waals surface area contributed by atoms with Crippen LogP contribution < -0.4 is 0 Å². The van der Waals surface area contributed by atoms with Gasteiger partial charge < -0.3 is 4.74 Å². The molecule has 0 aliphatic rings. The number of unbranched alkanes of at least 4 members (excludes halogenated alkanes) is 25. The molecule has 218 valence electrons. The molecule has 0 N–H and O–H groups in total. The summed E-state index contributed by atoms with van der Waals surface area (Å²) in [5.41, 5.74) is 0. The summed E-state index contributed by atoms with van der Waals surface area (Å²) in [4.78, 5) is 23.7. The van der Waals surface area contributed by atoms with Gasteiger partial charge in [0.05, 0.1) is 0 Å². The van der Waals surface area contributed by atoms with Crippen molar-refractivity contribution in [2.75, 3.05) is 0 Å². The van der Waals surface area contributed by atoms with Gasteiger partial charge in [-0.3, -0.25) is 9.59 Å². The normalized spacial score (nSPS) is 11.1. The van der Waals surface area contributed by atoms with Crippen molar-refractivity contribution < 1.29 is 14.3 Å². The molecule has 3 nitrogen and oxygen atoms in total. The van der Waals surface area contributed by atoms with Gasteiger partial charge in [0.2, 0.25) is 0 Å². The molecular weight excluding hydrogens is 456 g/mol. The molecule has 0 saturated heterocycles. The lowest BCUT2D eigenvalue weighted by Crippen LogP contribution is -2.11. The molecule has 0 amide bonds. The molecule has 0 unspecified atom stereocenters. The smallest absolute Gasteiger partial charge is 0.313 e. The Labute approximate surface area is 232 Å². The van der Waals surface area contributed by atoms with Crippen LogP contribution in [0.1, 0.15) is 193 Å². The molecule has 0 aliphatic heterocycles. The van der Waals surface area contributed by atoms with Gasteiger partial charge in [-0.05, 0) is 25.7 Å². The van der Waals surface area contributed by atoms with Crippen molar-refractivity contribution in [2.45, 2.75) is 193 Å². The molecule has 0 heterocycles. The Morgan fingerprint density at radius 2 is 0.730 bits per heavy atom. The van der Waals surface area contributed by atoms with Crippen molar-refractivity contribution in [1.82, 2.24) is 0 Å². The molecule has 0 fully saturated rings. The Morgan fingerprint density at radius 1 is 0.459 bits per heavy atom. The second-order valence-corrected chi connectivity index (χ2v) is 11.3. The lowest BCUT2D eigenvalue weighted by Gasteiger charge is -2.05. The predicted octanol–water partition coefficient (Wildman–Crippen LogP) is 11.6. The SMILES string of the molecule is C=CCCCCCCCCCCCCCCCC(=O)OC(=O)CCCCCCCCCCCCCCC. The van der Waals surface area contributed by atoms with E-state index in [0.29, 0.717) is 12.8 Å². The molecular formula is C34H64O3. The first-order valence-corrected chi connectivity index (χ1v) is 16.5. The summed E-state index contributed by atoms with van der Waals surface area (Å²) in [7, 11) is 0. The lowest BCUT2D eigenvalue weighted by atomic mass is 10.0. The second-order valence-electron chi connectivity index (χ2n) is 11.3. The van der Waals surface area contributed by atoms with Crippen LogP contribution in [-0.4, -0.2) is 11.9 Å². The van der Waals surface area contributed by atoms with Crippen LogP contribution in [0.4, 0.5) is 0 Å². The highest BCUT2D eigenvalue weighted by molar-refractivity contribution is 5.85. The number of ether oxygens (including phenoxy) is 1. The summed E-state index contributed by atoms with van der Waals surface area (Å²) in [5, 5.41) is 0. The van der Waals surface area contributed by atoms with Crippen LogP contribution in [0.2, 0.25) is 0 Å². The summed E-state index contributed by atoms with van der Waals surface area (Å²) in [5.74, 6) is -0.658. The monoisotopic (exact) mass is 520 g/mol. The summed E-state index contributed by atoms with van der Waals surface area (Å²) in [6.07, 6.45) is 37.2. The average Bonchev–Trinajstić information content (AvgIpc) is 2.89. The zero-order chi connectivity index (χ0) is 27.1. The highest BCUT2D eigenvalue weighted by atomic mass is 16.6. The minimum Gasteiger partial charge on any atom is -0.393 e. The van der Waals surface area contributed by atoms with E-state index >= 15 is 0 Å². The third kappa shape index (κ3) is 31.0. The van der Waals surface area contributed by atoms with Crippen LogP contribution in [0.5, 0.6) is 0 Å². The Kier molecular flexibility index (Phi) is 30.2. The standard InChI is InChI=1S/C34H64O3/c1-3-5-7-9-11-13-15-17-18-20-22-24-26-28-30-32-34(36)37-33(35)31-29-27-25-23-21-19-16-14-12-10-8-6-4-2/h3H,1,4-32H2,2H3. The van der Waals surface area contributed by atoms with Crippen LogP contribution in [0.15, 0.2) is 12.7 Å². The largest absolute Gasteiger partial charge is 0.393 e. The molecule has 37 heavy (non-hydrogen) atoms. The van der Waals surface area contributed by atoms with Gasteiger partial charge >= 0.3 is 11.9 Å². The summed E-state index contributed by atoms with van der Waals surface area (Å²) >= 11 is 0. The predicted molar refractivity (Wildman–Crippen MR) is 161 cm³/mol. The summed E-state index contributed by atoms with van der Waals surface area (Å²) < 4.78 is 4.99. The molecule has 0 radical (unpaired) electrons. The number of hydrogen-bond donors (Lipinski definition) is 0. The zero-order valence-electron chi connectivity index (χ0n) is 25.0. The van der Waals surface area contributed by atoms with E-state index in [0.717, 1.165) is 25.7 Å². The first kappa shape index (κ1) is 35.9. The third-order valence-electron chi connectivity index (χ3n) is 7.50. The van der Waals surface area contributed by atoms with Crippen LogP contribution in [0, 0.1) is 0 Å². The maximum Gasteiger partial charge on any atom is 0.313 e. The fraction of sp³-hybridized carbons (Fsp3) is 0.882. The summed E-state index contributed by atoms with van der Waals surface area (Å²) in [6.45, 7) is 6.04. The molecule has 0 aromatic heterocycles. The van der Waals surface area contributed by atoms with E-state index in [2.05, 4.69) is 13.5 Å². The third-order valence-corrected chi connectivity index (χ3v) is 7.50. The minimum absolute atomic E-state index is 0.329. The molecule has 0 aliphatic carbocycles. The van der Waals surface area contributed by atoms with Gasteiger partial charge in [-0.1, -0.05) is 161 Å². The van der Waals surface area contributed by atoms with Gasteiger partial charge in [0.25, 0.3) is 0 Å². The van der Waals surface area contributed by atoms with Gasteiger partial charge in [-0.15, -0.1) is 6.58 Å². The Hall–Kier alpha value is -1.12. The number of esters is 2. The van der Waals surface area contributed by atoms with Crippen molar-refractivity contribution in [3.05, 3.63) is 12.7 Å². The number of allylic oxidation sites excluding steroid dienone is 1. The Morgan fingerprint density at radius 3 is 1.03 bits per heavy atom. The van der Waals surface area contributed by atoms with Crippen molar-refractivity contribution in [3.63, 3.8) is 0 Å². The highest BCUT2D eigenvalue weighted by Crippen LogP contribution is 2.15. The maximum atomic E-state index is 11.9. The quantitative estimate of drug-likeness (QED) is 0.0409. The van der Waals surface area contributed by atoms with Crippen LogP contribution >= 0.6 is 0 Å². The van der Waals surface area contributed by atoms with E-state index in [9.17, 15) is 9.59 Å². The summed E-state index contributed by atoms with van der Waals surface area (Å²) in [6, 6.07) is 0. The first-order chi connectivity index (χ1) is 18.2. The van der Waals surface area contributed by atoms with E-state index in [1.165, 1.54) is 148 Å². The molecule has 0 rings (SSSR count). The zero-order valence-corrected chi connectivity index (χ0v) is 25.0. The molecule has 0 atom stereocenters. The number of carbonyl (C=O) groups excluding carboxylic acids is 2. The van der Waals surface area contributed by atoms with E-state index in [-0.39, 0.29) is 11.9 Å². The van der Waals surface area contributed by atoms with Crippen molar-refractivity contribution in [2.24, 2.45) is 0 Å². The fourth-order valence-corrected chi connectivity index (χ4v) is 5.02. The van der Waals surface area contributed by atoms with E-state index in [1.807, 2.05) is 6.08 Å².